The van der Waals surface area contributed by atoms with Crippen LogP contribution in [0.5, 0.6) is 0 Å². The Kier molecular flexibility index (Phi) is 6.79. The van der Waals surface area contributed by atoms with Crippen LogP contribution in [0.3, 0.4) is 0 Å². The van der Waals surface area contributed by atoms with E-state index >= 15 is 0 Å². The summed E-state index contributed by atoms with van der Waals surface area (Å²) in [7, 11) is 2.27. The average Bonchev–Trinajstić information content (AvgIpc) is 2.69. The molecular formula is C16H27FNP. The highest BCUT2D eigenvalue weighted by molar-refractivity contribution is 7.18. The topological polar surface area (TPSA) is 3.24 Å². The van der Waals surface area contributed by atoms with Gasteiger partial charge in [-0.05, 0) is 37.5 Å². The lowest BCUT2D eigenvalue weighted by atomic mass is 10.1. The third kappa shape index (κ3) is 5.10. The molecule has 0 saturated carbocycles. The number of hydrogen-bond donors (Lipinski definition) is 0. The van der Waals surface area contributed by atoms with E-state index in [4.69, 9.17) is 0 Å². The Morgan fingerprint density at radius 2 is 1.68 bits per heavy atom. The maximum Gasteiger partial charge on any atom is 0.145 e. The number of alkyl halides is 1. The molecule has 0 aliphatic carbocycles. The highest BCUT2D eigenvalue weighted by atomic mass is 31.0. The first-order chi connectivity index (χ1) is 9.07. The molecule has 19 heavy (non-hydrogen) atoms. The van der Waals surface area contributed by atoms with E-state index in [0.717, 1.165) is 24.3 Å². The van der Waals surface area contributed by atoms with Crippen LogP contribution in [0.1, 0.15) is 52.0 Å². The molecule has 1 aromatic carbocycles. The molecular weight excluding hydrogens is 256 g/mol. The van der Waals surface area contributed by atoms with Crippen molar-refractivity contribution in [3.63, 3.8) is 0 Å². The maximum atomic E-state index is 13.9. The molecule has 1 aliphatic heterocycles. The molecule has 108 valence electrons. The van der Waals surface area contributed by atoms with Crippen molar-refractivity contribution < 1.29 is 4.39 Å². The number of halogens is 1. The molecule has 1 nitrogen and oxygen atoms in total. The highest BCUT2D eigenvalue weighted by Gasteiger charge is 2.20. The largest absolute Gasteiger partial charge is 0.372 e. The van der Waals surface area contributed by atoms with Gasteiger partial charge in [-0.15, -0.1) is 0 Å². The Bertz CT molecular complexity index is 365. The van der Waals surface area contributed by atoms with Gasteiger partial charge in [-0.3, -0.25) is 0 Å². The van der Waals surface area contributed by atoms with Crippen LogP contribution in [-0.4, -0.2) is 13.1 Å². The summed E-state index contributed by atoms with van der Waals surface area (Å²) in [6, 6.07) is 7.88. The summed E-state index contributed by atoms with van der Waals surface area (Å²) in [5, 5.41) is -1.33. The third-order valence-electron chi connectivity index (χ3n) is 3.38. The fraction of sp³-hybridized carbons (Fsp3) is 0.625. The van der Waals surface area contributed by atoms with Crippen molar-refractivity contribution in [2.24, 2.45) is 0 Å². The van der Waals surface area contributed by atoms with E-state index in [1.54, 1.807) is 6.92 Å². The Labute approximate surface area is 119 Å². The minimum atomic E-state index is -1.33. The SMILES string of the molecule is CC.CC(F)(P)c1cccc(N2CCCCCC2)c1. The van der Waals surface area contributed by atoms with Crippen LogP contribution in [0.25, 0.3) is 0 Å². The van der Waals surface area contributed by atoms with Gasteiger partial charge >= 0.3 is 0 Å². The zero-order chi connectivity index (χ0) is 14.3. The van der Waals surface area contributed by atoms with Gasteiger partial charge in [0.15, 0.2) is 0 Å². The molecule has 2 unspecified atom stereocenters. The molecule has 2 rings (SSSR count). The van der Waals surface area contributed by atoms with E-state index in [0.29, 0.717) is 0 Å². The highest BCUT2D eigenvalue weighted by Crippen LogP contribution is 2.34. The Morgan fingerprint density at radius 3 is 2.21 bits per heavy atom. The van der Waals surface area contributed by atoms with Gasteiger partial charge in [-0.2, -0.15) is 0 Å². The van der Waals surface area contributed by atoms with Crippen molar-refractivity contribution in [3.05, 3.63) is 29.8 Å². The molecule has 0 bridgehead atoms. The summed E-state index contributed by atoms with van der Waals surface area (Å²) < 4.78 is 13.9. The summed E-state index contributed by atoms with van der Waals surface area (Å²) >= 11 is 0. The van der Waals surface area contributed by atoms with Crippen molar-refractivity contribution in [1.82, 2.24) is 0 Å². The number of benzene rings is 1. The molecule has 1 aliphatic rings. The predicted octanol–water partition coefficient (Wildman–Crippen LogP) is 5.11. The second-order valence-electron chi connectivity index (χ2n) is 5.03. The standard InChI is InChI=1S/C14H21FNP.C2H6/c1-14(15,17)12-7-6-8-13(11-12)16-9-4-2-3-5-10-16;1-2/h6-8,11H,2-5,9-10,17H2,1H3;1-2H3. The molecule has 0 radical (unpaired) electrons. The van der Waals surface area contributed by atoms with E-state index in [1.807, 2.05) is 32.0 Å². The van der Waals surface area contributed by atoms with Crippen molar-refractivity contribution in [2.45, 2.75) is 51.9 Å². The van der Waals surface area contributed by atoms with E-state index in [-0.39, 0.29) is 0 Å². The lowest BCUT2D eigenvalue weighted by Gasteiger charge is -2.24. The minimum Gasteiger partial charge on any atom is -0.372 e. The van der Waals surface area contributed by atoms with Crippen molar-refractivity contribution >= 4 is 14.9 Å². The first-order valence-corrected chi connectivity index (χ1v) is 7.98. The number of hydrogen-bond acceptors (Lipinski definition) is 1. The second-order valence-corrected chi connectivity index (χ2v) is 6.11. The molecule has 2 atom stereocenters. The van der Waals surface area contributed by atoms with Crippen LogP contribution < -0.4 is 4.90 Å². The monoisotopic (exact) mass is 283 g/mol. The first kappa shape index (κ1) is 16.4. The van der Waals surface area contributed by atoms with Gasteiger partial charge in [0, 0.05) is 18.8 Å². The fourth-order valence-corrected chi connectivity index (χ4v) is 2.52. The molecule has 1 saturated heterocycles. The predicted molar refractivity (Wildman–Crippen MR) is 86.6 cm³/mol. The molecule has 3 heteroatoms. The van der Waals surface area contributed by atoms with Crippen LogP contribution >= 0.6 is 9.24 Å². The van der Waals surface area contributed by atoms with E-state index in [1.165, 1.54) is 25.7 Å². The summed E-state index contributed by atoms with van der Waals surface area (Å²) in [4.78, 5) is 2.38. The molecule has 0 spiro atoms. The van der Waals surface area contributed by atoms with Crippen LogP contribution in [-0.2, 0) is 5.41 Å². The maximum absolute atomic E-state index is 13.9. The number of nitrogens with zero attached hydrogens (tertiary/aromatic N) is 1. The van der Waals surface area contributed by atoms with Gasteiger partial charge in [0.2, 0.25) is 0 Å². The van der Waals surface area contributed by atoms with Gasteiger partial charge in [0.25, 0.3) is 0 Å². The number of anilines is 1. The zero-order valence-corrected chi connectivity index (χ0v) is 13.6. The number of rotatable bonds is 2. The Hall–Kier alpha value is -0.620. The lowest BCUT2D eigenvalue weighted by Crippen LogP contribution is -2.24. The lowest BCUT2D eigenvalue weighted by molar-refractivity contribution is 0.324. The van der Waals surface area contributed by atoms with Crippen LogP contribution in [0.15, 0.2) is 24.3 Å². The fourth-order valence-electron chi connectivity index (χ4n) is 2.34. The second kappa shape index (κ2) is 7.85. The van der Waals surface area contributed by atoms with Gasteiger partial charge in [0.1, 0.15) is 5.41 Å². The molecule has 0 amide bonds. The van der Waals surface area contributed by atoms with E-state index < -0.39 is 5.41 Å². The Morgan fingerprint density at radius 1 is 1.11 bits per heavy atom. The molecule has 1 fully saturated rings. The van der Waals surface area contributed by atoms with Crippen LogP contribution in [0.2, 0.25) is 0 Å². The summed E-state index contributed by atoms with van der Waals surface area (Å²) in [6.07, 6.45) is 5.14. The van der Waals surface area contributed by atoms with Gasteiger partial charge in [-0.25, -0.2) is 4.39 Å². The Balaban J connectivity index is 0.000000861. The van der Waals surface area contributed by atoms with Crippen LogP contribution in [0.4, 0.5) is 10.1 Å². The van der Waals surface area contributed by atoms with Gasteiger partial charge in [0.05, 0.1) is 0 Å². The van der Waals surface area contributed by atoms with Crippen LogP contribution in [0, 0.1) is 0 Å². The smallest absolute Gasteiger partial charge is 0.145 e. The zero-order valence-electron chi connectivity index (χ0n) is 12.5. The first-order valence-electron chi connectivity index (χ1n) is 7.41. The summed E-state index contributed by atoms with van der Waals surface area (Å²) in [5.74, 6) is 0. The van der Waals surface area contributed by atoms with Crippen molar-refractivity contribution in [2.75, 3.05) is 18.0 Å². The summed E-state index contributed by atoms with van der Waals surface area (Å²) in [5.41, 5.74) is 1.90. The quantitative estimate of drug-likeness (QED) is 0.682. The van der Waals surface area contributed by atoms with E-state index in [2.05, 4.69) is 20.2 Å². The third-order valence-corrected chi connectivity index (χ3v) is 3.72. The normalized spacial score (nSPS) is 18.9. The van der Waals surface area contributed by atoms with Gasteiger partial charge < -0.3 is 4.90 Å². The van der Waals surface area contributed by atoms with E-state index in [9.17, 15) is 4.39 Å². The average molecular weight is 283 g/mol. The molecule has 0 aromatic heterocycles. The van der Waals surface area contributed by atoms with Crippen molar-refractivity contribution in [3.8, 4) is 0 Å². The van der Waals surface area contributed by atoms with Gasteiger partial charge in [-0.1, -0.05) is 48.1 Å². The molecule has 1 aromatic rings. The van der Waals surface area contributed by atoms with Crippen molar-refractivity contribution in [1.29, 1.82) is 0 Å². The molecule has 1 heterocycles. The molecule has 0 N–H and O–H groups in total. The summed E-state index contributed by atoms with van der Waals surface area (Å²) in [6.45, 7) is 7.78. The minimum absolute atomic E-state index is 0.740.